The minimum absolute atomic E-state index is 0.0684. The summed E-state index contributed by atoms with van der Waals surface area (Å²) in [6, 6.07) is 7.03. The molecule has 0 aliphatic heterocycles. The van der Waals surface area contributed by atoms with Crippen LogP contribution in [0.4, 0.5) is 0 Å². The Morgan fingerprint density at radius 1 is 1.00 bits per heavy atom. The van der Waals surface area contributed by atoms with E-state index in [1.807, 2.05) is 0 Å². The Hall–Kier alpha value is -1.16. The normalized spacial score (nSPS) is 34.4. The third-order valence-electron chi connectivity index (χ3n) is 6.04. The minimum Gasteiger partial charge on any atom is -0.454 e. The first-order valence-corrected chi connectivity index (χ1v) is 9.29. The van der Waals surface area contributed by atoms with Crippen molar-refractivity contribution in [3.8, 4) is 0 Å². The third kappa shape index (κ3) is 2.86. The van der Waals surface area contributed by atoms with Crippen LogP contribution >= 0.6 is 15.9 Å². The molecule has 0 amide bonds. The van der Waals surface area contributed by atoms with Gasteiger partial charge in [0.15, 0.2) is 12.4 Å². The van der Waals surface area contributed by atoms with Gasteiger partial charge >= 0.3 is 5.97 Å². The zero-order chi connectivity index (χ0) is 16.0. The second-order valence-electron chi connectivity index (χ2n) is 7.70. The van der Waals surface area contributed by atoms with Crippen LogP contribution in [0.1, 0.15) is 48.9 Å². The summed E-state index contributed by atoms with van der Waals surface area (Å²) in [7, 11) is 0. The summed E-state index contributed by atoms with van der Waals surface area (Å²) in [6.07, 6.45) is 7.00. The molecule has 4 heteroatoms. The minimum atomic E-state index is -0.407. The van der Waals surface area contributed by atoms with Gasteiger partial charge in [0.25, 0.3) is 0 Å². The van der Waals surface area contributed by atoms with E-state index in [-0.39, 0.29) is 17.8 Å². The van der Waals surface area contributed by atoms with Crippen molar-refractivity contribution in [2.75, 3.05) is 6.61 Å². The molecule has 0 spiro atoms. The molecule has 5 rings (SSSR count). The number of carbonyl (C=O) groups excluding carboxylic acids is 2. The van der Waals surface area contributed by atoms with E-state index in [2.05, 4.69) is 15.9 Å². The molecule has 4 saturated carbocycles. The van der Waals surface area contributed by atoms with Crippen LogP contribution in [0, 0.1) is 23.2 Å². The quantitative estimate of drug-likeness (QED) is 0.731. The number of Topliss-reactive ketones (excluding diaryl/α,β-unsaturated/α-hetero) is 1. The van der Waals surface area contributed by atoms with E-state index in [9.17, 15) is 9.59 Å². The summed E-state index contributed by atoms with van der Waals surface area (Å²) >= 11 is 3.34. The molecule has 0 aromatic heterocycles. The van der Waals surface area contributed by atoms with Crippen molar-refractivity contribution >= 4 is 27.7 Å². The molecule has 3 nitrogen and oxygen atoms in total. The average Bonchev–Trinajstić information content (AvgIpc) is 2.51. The standard InChI is InChI=1S/C19H21BrO3/c20-16-3-1-15(2-4-16)18(22)23-11-17(21)19-8-12-5-13(9-19)7-14(6-12)10-19/h1-4,12-14H,5-11H2. The number of carbonyl (C=O) groups is 2. The smallest absolute Gasteiger partial charge is 0.338 e. The lowest BCUT2D eigenvalue weighted by molar-refractivity contribution is -0.147. The van der Waals surface area contributed by atoms with Crippen molar-refractivity contribution in [3.63, 3.8) is 0 Å². The second-order valence-corrected chi connectivity index (χ2v) is 8.62. The van der Waals surface area contributed by atoms with Crippen molar-refractivity contribution in [2.45, 2.75) is 38.5 Å². The lowest BCUT2D eigenvalue weighted by atomic mass is 9.48. The van der Waals surface area contributed by atoms with Gasteiger partial charge in [-0.2, -0.15) is 0 Å². The van der Waals surface area contributed by atoms with Crippen LogP contribution in [0.3, 0.4) is 0 Å². The Morgan fingerprint density at radius 2 is 1.52 bits per heavy atom. The topological polar surface area (TPSA) is 43.4 Å². The lowest BCUT2D eigenvalue weighted by Crippen LogP contribution is -2.51. The molecule has 0 saturated heterocycles. The third-order valence-corrected chi connectivity index (χ3v) is 6.57. The molecule has 0 unspecified atom stereocenters. The van der Waals surface area contributed by atoms with E-state index >= 15 is 0 Å². The second kappa shape index (κ2) is 5.73. The molecule has 0 radical (unpaired) electrons. The largest absolute Gasteiger partial charge is 0.454 e. The highest BCUT2D eigenvalue weighted by Gasteiger charge is 2.54. The van der Waals surface area contributed by atoms with Crippen LogP contribution in [0.15, 0.2) is 28.7 Å². The lowest BCUT2D eigenvalue weighted by Gasteiger charge is -2.55. The number of hydrogen-bond donors (Lipinski definition) is 0. The van der Waals surface area contributed by atoms with Crippen LogP contribution in [0.2, 0.25) is 0 Å². The maximum atomic E-state index is 12.8. The maximum absolute atomic E-state index is 12.8. The zero-order valence-corrected chi connectivity index (χ0v) is 14.7. The maximum Gasteiger partial charge on any atom is 0.338 e. The van der Waals surface area contributed by atoms with E-state index in [1.165, 1.54) is 19.3 Å². The fourth-order valence-corrected chi connectivity index (χ4v) is 5.67. The number of halogens is 1. The number of benzene rings is 1. The van der Waals surface area contributed by atoms with E-state index in [4.69, 9.17) is 4.74 Å². The van der Waals surface area contributed by atoms with Crippen molar-refractivity contribution in [1.29, 1.82) is 0 Å². The first-order valence-electron chi connectivity index (χ1n) is 8.50. The van der Waals surface area contributed by atoms with Gasteiger partial charge in [-0.3, -0.25) is 4.79 Å². The van der Waals surface area contributed by atoms with E-state index < -0.39 is 5.97 Å². The van der Waals surface area contributed by atoms with Gasteiger partial charge in [0.05, 0.1) is 5.56 Å². The fourth-order valence-electron chi connectivity index (χ4n) is 5.41. The monoisotopic (exact) mass is 376 g/mol. The van der Waals surface area contributed by atoms with Crippen molar-refractivity contribution < 1.29 is 14.3 Å². The highest BCUT2D eigenvalue weighted by atomic mass is 79.9. The summed E-state index contributed by atoms with van der Waals surface area (Å²) in [5.74, 6) is 1.93. The molecule has 1 aromatic rings. The van der Waals surface area contributed by atoms with Crippen molar-refractivity contribution in [2.24, 2.45) is 23.2 Å². The number of hydrogen-bond acceptors (Lipinski definition) is 3. The van der Waals surface area contributed by atoms with Gasteiger partial charge in [-0.15, -0.1) is 0 Å². The van der Waals surface area contributed by atoms with Gasteiger partial charge in [0.2, 0.25) is 0 Å². The van der Waals surface area contributed by atoms with E-state index in [0.717, 1.165) is 41.5 Å². The first-order chi connectivity index (χ1) is 11.0. The van der Waals surface area contributed by atoms with Crippen LogP contribution in [-0.4, -0.2) is 18.4 Å². The molecule has 0 heterocycles. The van der Waals surface area contributed by atoms with Gasteiger partial charge in [-0.1, -0.05) is 15.9 Å². The van der Waals surface area contributed by atoms with Crippen molar-refractivity contribution in [3.05, 3.63) is 34.3 Å². The van der Waals surface area contributed by atoms with Crippen LogP contribution in [0.5, 0.6) is 0 Å². The predicted molar refractivity (Wildman–Crippen MR) is 90.0 cm³/mol. The molecule has 0 atom stereocenters. The first kappa shape index (κ1) is 15.4. The summed E-state index contributed by atoms with van der Waals surface area (Å²) in [6.45, 7) is -0.0684. The van der Waals surface area contributed by atoms with Gasteiger partial charge in [-0.05, 0) is 80.5 Å². The molecular weight excluding hydrogens is 356 g/mol. The molecule has 4 bridgehead atoms. The van der Waals surface area contributed by atoms with Crippen LogP contribution in [-0.2, 0) is 9.53 Å². The Morgan fingerprint density at radius 3 is 2.04 bits per heavy atom. The van der Waals surface area contributed by atoms with Crippen molar-refractivity contribution in [1.82, 2.24) is 0 Å². The highest BCUT2D eigenvalue weighted by molar-refractivity contribution is 9.10. The average molecular weight is 377 g/mol. The van der Waals surface area contributed by atoms with E-state index in [0.29, 0.717) is 5.56 Å². The number of ether oxygens (including phenoxy) is 1. The number of ketones is 1. The molecule has 23 heavy (non-hydrogen) atoms. The summed E-state index contributed by atoms with van der Waals surface area (Å²) in [5.41, 5.74) is 0.306. The summed E-state index contributed by atoms with van der Waals surface area (Å²) in [5, 5.41) is 0. The molecule has 4 aliphatic rings. The number of rotatable bonds is 4. The van der Waals surface area contributed by atoms with E-state index in [1.54, 1.807) is 24.3 Å². The summed E-state index contributed by atoms with van der Waals surface area (Å²) in [4.78, 5) is 24.9. The Labute approximate surface area is 144 Å². The van der Waals surface area contributed by atoms with Crippen LogP contribution in [0.25, 0.3) is 0 Å². The van der Waals surface area contributed by atoms with Crippen LogP contribution < -0.4 is 0 Å². The molecule has 4 aliphatic carbocycles. The fraction of sp³-hybridized carbons (Fsp3) is 0.579. The Bertz CT molecular complexity index is 599. The molecule has 1 aromatic carbocycles. The molecule has 0 N–H and O–H groups in total. The molecule has 122 valence electrons. The molecular formula is C19H21BrO3. The zero-order valence-electron chi connectivity index (χ0n) is 13.1. The van der Waals surface area contributed by atoms with Gasteiger partial charge < -0.3 is 4.74 Å². The number of esters is 1. The highest BCUT2D eigenvalue weighted by Crippen LogP contribution is 2.60. The van der Waals surface area contributed by atoms with Gasteiger partial charge in [0, 0.05) is 9.89 Å². The Balaban J connectivity index is 1.40. The van der Waals surface area contributed by atoms with Gasteiger partial charge in [-0.25, -0.2) is 4.79 Å². The summed E-state index contributed by atoms with van der Waals surface area (Å²) < 4.78 is 6.23. The Kier molecular flexibility index (Phi) is 3.83. The molecule has 4 fully saturated rings. The van der Waals surface area contributed by atoms with Gasteiger partial charge in [0.1, 0.15) is 0 Å². The SMILES string of the molecule is O=C(OCC(=O)C12CC3CC(CC(C3)C1)C2)c1ccc(Br)cc1. The predicted octanol–water partition coefficient (Wildman–Crippen LogP) is 4.39.